The van der Waals surface area contributed by atoms with Gasteiger partial charge in [0.15, 0.2) is 0 Å². The van der Waals surface area contributed by atoms with E-state index in [0.29, 0.717) is 6.54 Å². The van der Waals surface area contributed by atoms with Gasteiger partial charge in [0.1, 0.15) is 0 Å². The number of rotatable bonds is 6. The van der Waals surface area contributed by atoms with Gasteiger partial charge in [0, 0.05) is 24.7 Å². The van der Waals surface area contributed by atoms with Crippen LogP contribution in [0.15, 0.2) is 24.3 Å². The third kappa shape index (κ3) is 3.51. The van der Waals surface area contributed by atoms with Crippen LogP contribution in [0.2, 0.25) is 0 Å². The van der Waals surface area contributed by atoms with Gasteiger partial charge in [-0.25, -0.2) is 0 Å². The summed E-state index contributed by atoms with van der Waals surface area (Å²) in [5.74, 6) is 0. The standard InChI is InChI=1S/C12H18N2O3/c1-3-13(7-8-15)10(2)11-5-4-6-12(9-11)14(16)17/h4-6,9-10,15H,3,7-8H2,1-2H3. The number of likely N-dealkylation sites (N-methyl/N-ethyl adjacent to an activating group) is 1. The molecule has 1 unspecified atom stereocenters. The van der Waals surface area contributed by atoms with E-state index in [9.17, 15) is 10.1 Å². The van der Waals surface area contributed by atoms with Gasteiger partial charge in [-0.1, -0.05) is 19.1 Å². The van der Waals surface area contributed by atoms with Crippen LogP contribution in [0, 0.1) is 10.1 Å². The Kier molecular flexibility index (Phi) is 5.06. The molecule has 0 aliphatic carbocycles. The maximum absolute atomic E-state index is 10.7. The monoisotopic (exact) mass is 238 g/mol. The summed E-state index contributed by atoms with van der Waals surface area (Å²) in [6.07, 6.45) is 0. The number of aliphatic hydroxyl groups excluding tert-OH is 1. The molecule has 0 saturated carbocycles. The Hall–Kier alpha value is -1.46. The average molecular weight is 238 g/mol. The van der Waals surface area contributed by atoms with Crippen LogP contribution < -0.4 is 0 Å². The molecule has 0 fully saturated rings. The zero-order chi connectivity index (χ0) is 12.8. The van der Waals surface area contributed by atoms with Gasteiger partial charge in [-0.3, -0.25) is 15.0 Å². The van der Waals surface area contributed by atoms with Crippen LogP contribution in [0.3, 0.4) is 0 Å². The van der Waals surface area contributed by atoms with Crippen LogP contribution >= 0.6 is 0 Å². The largest absolute Gasteiger partial charge is 0.395 e. The molecule has 94 valence electrons. The summed E-state index contributed by atoms with van der Waals surface area (Å²) in [6, 6.07) is 6.70. The van der Waals surface area contributed by atoms with Crippen molar-refractivity contribution in [3.63, 3.8) is 0 Å². The summed E-state index contributed by atoms with van der Waals surface area (Å²) in [5, 5.41) is 19.6. The topological polar surface area (TPSA) is 66.6 Å². The Morgan fingerprint density at radius 2 is 2.24 bits per heavy atom. The molecule has 0 saturated heterocycles. The first kappa shape index (κ1) is 13.6. The number of hydrogen-bond donors (Lipinski definition) is 1. The van der Waals surface area contributed by atoms with Crippen molar-refractivity contribution >= 4 is 5.69 Å². The molecule has 0 spiro atoms. The SMILES string of the molecule is CCN(CCO)C(C)c1cccc([N+](=O)[O-])c1. The second-order valence-electron chi connectivity index (χ2n) is 3.88. The summed E-state index contributed by atoms with van der Waals surface area (Å²) in [5.41, 5.74) is 1.00. The van der Waals surface area contributed by atoms with Crippen LogP contribution in [-0.2, 0) is 0 Å². The number of aliphatic hydroxyl groups is 1. The Labute approximate surface area is 101 Å². The van der Waals surface area contributed by atoms with Crippen molar-refractivity contribution in [1.82, 2.24) is 4.90 Å². The van der Waals surface area contributed by atoms with E-state index in [1.165, 1.54) is 6.07 Å². The van der Waals surface area contributed by atoms with Crippen molar-refractivity contribution in [3.8, 4) is 0 Å². The number of non-ortho nitro benzene ring substituents is 1. The van der Waals surface area contributed by atoms with Gasteiger partial charge in [0.2, 0.25) is 0 Å². The molecular formula is C12H18N2O3. The second kappa shape index (κ2) is 6.32. The van der Waals surface area contributed by atoms with Gasteiger partial charge in [0.05, 0.1) is 11.5 Å². The minimum Gasteiger partial charge on any atom is -0.395 e. The van der Waals surface area contributed by atoms with Gasteiger partial charge in [-0.05, 0) is 19.0 Å². The lowest BCUT2D eigenvalue weighted by molar-refractivity contribution is -0.384. The molecule has 0 aliphatic heterocycles. The zero-order valence-electron chi connectivity index (χ0n) is 10.2. The van der Waals surface area contributed by atoms with Crippen molar-refractivity contribution in [1.29, 1.82) is 0 Å². The van der Waals surface area contributed by atoms with Crippen LogP contribution in [0.25, 0.3) is 0 Å². The summed E-state index contributed by atoms with van der Waals surface area (Å²) in [4.78, 5) is 12.4. The number of hydrogen-bond acceptors (Lipinski definition) is 4. The third-order valence-electron chi connectivity index (χ3n) is 2.90. The fourth-order valence-electron chi connectivity index (χ4n) is 1.86. The number of benzene rings is 1. The summed E-state index contributed by atoms with van der Waals surface area (Å²) in [6.45, 7) is 5.44. The quantitative estimate of drug-likeness (QED) is 0.607. The molecule has 0 aliphatic rings. The van der Waals surface area contributed by atoms with Crippen molar-refractivity contribution in [2.75, 3.05) is 19.7 Å². The highest BCUT2D eigenvalue weighted by Crippen LogP contribution is 2.23. The molecule has 17 heavy (non-hydrogen) atoms. The smallest absolute Gasteiger partial charge is 0.269 e. The van der Waals surface area contributed by atoms with Crippen molar-refractivity contribution in [2.45, 2.75) is 19.9 Å². The van der Waals surface area contributed by atoms with E-state index in [-0.39, 0.29) is 18.3 Å². The predicted molar refractivity (Wildman–Crippen MR) is 65.8 cm³/mol. The van der Waals surface area contributed by atoms with E-state index >= 15 is 0 Å². The van der Waals surface area contributed by atoms with E-state index in [1.54, 1.807) is 12.1 Å². The van der Waals surface area contributed by atoms with Crippen molar-refractivity contribution < 1.29 is 10.0 Å². The molecule has 5 nitrogen and oxygen atoms in total. The zero-order valence-corrected chi connectivity index (χ0v) is 10.2. The molecule has 1 atom stereocenters. The molecule has 1 aromatic rings. The first-order valence-corrected chi connectivity index (χ1v) is 5.69. The fourth-order valence-corrected chi connectivity index (χ4v) is 1.86. The Balaban J connectivity index is 2.90. The van der Waals surface area contributed by atoms with E-state index in [4.69, 9.17) is 5.11 Å². The number of nitro groups is 1. The molecule has 5 heteroatoms. The van der Waals surface area contributed by atoms with Gasteiger partial charge >= 0.3 is 0 Å². The molecule has 1 aromatic carbocycles. The molecular weight excluding hydrogens is 220 g/mol. The van der Waals surface area contributed by atoms with Crippen LogP contribution in [-0.4, -0.2) is 34.6 Å². The molecule has 0 aromatic heterocycles. The molecule has 1 rings (SSSR count). The second-order valence-corrected chi connectivity index (χ2v) is 3.88. The van der Waals surface area contributed by atoms with Crippen LogP contribution in [0.4, 0.5) is 5.69 Å². The number of nitro benzene ring substituents is 1. The Bertz CT molecular complexity index is 382. The predicted octanol–water partition coefficient (Wildman–Crippen LogP) is 1.97. The van der Waals surface area contributed by atoms with Crippen molar-refractivity contribution in [3.05, 3.63) is 39.9 Å². The van der Waals surface area contributed by atoms with Crippen molar-refractivity contribution in [2.24, 2.45) is 0 Å². The molecule has 1 N–H and O–H groups in total. The van der Waals surface area contributed by atoms with Gasteiger partial charge in [0.25, 0.3) is 5.69 Å². The highest BCUT2D eigenvalue weighted by molar-refractivity contribution is 5.35. The Morgan fingerprint density at radius 3 is 2.76 bits per heavy atom. The maximum Gasteiger partial charge on any atom is 0.269 e. The average Bonchev–Trinajstić information content (AvgIpc) is 2.35. The minimum absolute atomic E-state index is 0.0621. The van der Waals surface area contributed by atoms with Gasteiger partial charge in [-0.15, -0.1) is 0 Å². The van der Waals surface area contributed by atoms with Gasteiger partial charge in [-0.2, -0.15) is 0 Å². The minimum atomic E-state index is -0.390. The number of nitrogens with zero attached hydrogens (tertiary/aromatic N) is 2. The molecule has 0 bridgehead atoms. The van der Waals surface area contributed by atoms with E-state index < -0.39 is 4.92 Å². The third-order valence-corrected chi connectivity index (χ3v) is 2.90. The lowest BCUT2D eigenvalue weighted by Crippen LogP contribution is -2.29. The highest BCUT2D eigenvalue weighted by Gasteiger charge is 2.16. The molecule has 0 radical (unpaired) electrons. The molecule has 0 heterocycles. The van der Waals surface area contributed by atoms with E-state index in [2.05, 4.69) is 4.90 Å². The first-order chi connectivity index (χ1) is 8.10. The van der Waals surface area contributed by atoms with Gasteiger partial charge < -0.3 is 5.11 Å². The first-order valence-electron chi connectivity index (χ1n) is 5.69. The Morgan fingerprint density at radius 1 is 1.53 bits per heavy atom. The summed E-state index contributed by atoms with van der Waals surface area (Å²) < 4.78 is 0. The lowest BCUT2D eigenvalue weighted by atomic mass is 10.1. The maximum atomic E-state index is 10.7. The lowest BCUT2D eigenvalue weighted by Gasteiger charge is -2.27. The molecule has 0 amide bonds. The summed E-state index contributed by atoms with van der Waals surface area (Å²) in [7, 11) is 0. The summed E-state index contributed by atoms with van der Waals surface area (Å²) >= 11 is 0. The van der Waals surface area contributed by atoms with Crippen LogP contribution in [0.1, 0.15) is 25.5 Å². The highest BCUT2D eigenvalue weighted by atomic mass is 16.6. The van der Waals surface area contributed by atoms with E-state index in [0.717, 1.165) is 12.1 Å². The fraction of sp³-hybridized carbons (Fsp3) is 0.500. The van der Waals surface area contributed by atoms with E-state index in [1.807, 2.05) is 19.9 Å². The normalized spacial score (nSPS) is 12.7. The van der Waals surface area contributed by atoms with Crippen LogP contribution in [0.5, 0.6) is 0 Å².